The lowest BCUT2D eigenvalue weighted by Gasteiger charge is -2.20. The Morgan fingerprint density at radius 3 is 2.83 bits per heavy atom. The molecule has 8 heteroatoms. The van der Waals surface area contributed by atoms with Crippen LogP contribution in [-0.4, -0.2) is 46.8 Å². The number of hydrogen-bond donors (Lipinski definition) is 3. The van der Waals surface area contributed by atoms with Gasteiger partial charge in [-0.25, -0.2) is 9.78 Å². The Labute approximate surface area is 144 Å². The third-order valence-electron chi connectivity index (χ3n) is 4.23. The number of carboxylic acid groups (broad SMARTS) is 1. The number of nitrogens with zero attached hydrogens (tertiary/aromatic N) is 3. The van der Waals surface area contributed by atoms with E-state index in [1.54, 1.807) is 12.1 Å². The van der Waals surface area contributed by atoms with Gasteiger partial charge in [0.05, 0.1) is 5.39 Å². The highest BCUT2D eigenvalue weighted by Gasteiger charge is 2.23. The van der Waals surface area contributed by atoms with E-state index in [0.29, 0.717) is 17.5 Å². The number of thiol groups is 1. The van der Waals surface area contributed by atoms with Gasteiger partial charge in [-0.15, -0.1) is 5.03 Å². The fourth-order valence-corrected chi connectivity index (χ4v) is 3.05. The minimum Gasteiger partial charge on any atom is -0.481 e. The van der Waals surface area contributed by atoms with E-state index in [1.807, 2.05) is 7.05 Å². The number of carboxylic acids is 1. The van der Waals surface area contributed by atoms with E-state index in [1.165, 1.54) is 4.57 Å². The molecule has 0 radical (unpaired) electrons. The van der Waals surface area contributed by atoms with Gasteiger partial charge in [-0.05, 0) is 25.6 Å². The molecule has 7 nitrogen and oxygen atoms in total. The van der Waals surface area contributed by atoms with Crippen molar-refractivity contribution in [3.63, 3.8) is 0 Å². The fourth-order valence-electron chi connectivity index (χ4n) is 2.90. The first-order valence-electron chi connectivity index (χ1n) is 7.46. The molecule has 0 saturated carbocycles. The minimum atomic E-state index is -1.31. The van der Waals surface area contributed by atoms with Gasteiger partial charge in [0.25, 0.3) is 0 Å². The Hall–Kier alpha value is -2.32. The van der Waals surface area contributed by atoms with Crippen molar-refractivity contribution < 1.29 is 9.90 Å². The van der Waals surface area contributed by atoms with Crippen molar-refractivity contribution in [1.82, 2.24) is 14.9 Å². The maximum Gasteiger partial charge on any atom is 0.341 e. The van der Waals surface area contributed by atoms with Crippen LogP contribution >= 0.6 is 12.6 Å². The molecule has 0 aromatic carbocycles. The lowest BCUT2D eigenvalue weighted by Crippen LogP contribution is -2.30. The Morgan fingerprint density at radius 2 is 2.25 bits per heavy atom. The number of nitrogens with one attached hydrogen (secondary N) is 1. The van der Waals surface area contributed by atoms with Crippen LogP contribution in [-0.2, 0) is 0 Å². The van der Waals surface area contributed by atoms with E-state index in [0.717, 1.165) is 25.7 Å². The summed E-state index contributed by atoms with van der Waals surface area (Å²) in [5.41, 5.74) is -0.662. The molecule has 1 aliphatic heterocycles. The second kappa shape index (κ2) is 6.29. The Kier molecular flexibility index (Phi) is 4.33. The summed E-state index contributed by atoms with van der Waals surface area (Å²) in [5.74, 6) is -0.600. The predicted molar refractivity (Wildman–Crippen MR) is 95.6 cm³/mol. The zero-order valence-electron chi connectivity index (χ0n) is 13.1. The topological polar surface area (TPSA) is 87.5 Å². The van der Waals surface area contributed by atoms with Crippen LogP contribution in [0.3, 0.4) is 0 Å². The van der Waals surface area contributed by atoms with Gasteiger partial charge < -0.3 is 26.5 Å². The van der Waals surface area contributed by atoms with Crippen LogP contribution < -0.4 is 15.6 Å². The molecule has 1 saturated heterocycles. The first kappa shape index (κ1) is 16.5. The number of aromatic carboxylic acids is 1. The normalized spacial score (nSPS) is 17.4. The predicted octanol–water partition coefficient (Wildman–Crippen LogP) is 1.05. The quantitative estimate of drug-likeness (QED) is 0.567. The zero-order valence-corrected chi connectivity index (χ0v) is 14.0. The maximum atomic E-state index is 12.3. The molecule has 0 spiro atoms. The van der Waals surface area contributed by atoms with Crippen molar-refractivity contribution in [2.75, 3.05) is 25.0 Å². The van der Waals surface area contributed by atoms with E-state index in [9.17, 15) is 14.7 Å². The smallest absolute Gasteiger partial charge is 0.341 e. The molecule has 126 valence electrons. The number of hydrogen-bond acceptors (Lipinski definition) is 6. The molecule has 1 aliphatic rings. The van der Waals surface area contributed by atoms with E-state index in [2.05, 4.69) is 27.8 Å². The Morgan fingerprint density at radius 1 is 1.50 bits per heavy atom. The molecule has 0 amide bonds. The molecule has 2 N–H and O–H groups in total. The highest BCUT2D eigenvalue weighted by molar-refractivity contribution is 7.89. The van der Waals surface area contributed by atoms with E-state index in [-0.39, 0.29) is 16.0 Å². The van der Waals surface area contributed by atoms with Crippen LogP contribution in [0.5, 0.6) is 0 Å². The molecule has 1 atom stereocenters. The lowest BCUT2D eigenvalue weighted by atomic mass is 10.2. The van der Waals surface area contributed by atoms with E-state index >= 15 is 0 Å². The summed E-state index contributed by atoms with van der Waals surface area (Å²) in [4.78, 5) is 30.2. The van der Waals surface area contributed by atoms with Gasteiger partial charge in [-0.2, -0.15) is 12.6 Å². The van der Waals surface area contributed by atoms with Crippen LogP contribution in [0.1, 0.15) is 16.8 Å². The average molecular weight is 345 g/mol. The van der Waals surface area contributed by atoms with Gasteiger partial charge >= 0.3 is 5.97 Å². The first-order valence-corrected chi connectivity index (χ1v) is 7.90. The van der Waals surface area contributed by atoms with Gasteiger partial charge in [0, 0.05) is 25.3 Å². The number of pyridine rings is 2. The fraction of sp³-hybridized carbons (Fsp3) is 0.312. The van der Waals surface area contributed by atoms with Crippen LogP contribution in [0.15, 0.2) is 23.1 Å². The average Bonchev–Trinajstić information content (AvgIpc) is 3.03. The molecule has 2 aromatic heterocycles. The molecule has 3 rings (SSSR count). The summed E-state index contributed by atoms with van der Waals surface area (Å²) in [7, 11) is 1.92. The van der Waals surface area contributed by atoms with Crippen molar-refractivity contribution in [2.45, 2.75) is 12.5 Å². The molecule has 2 aromatic rings. The largest absolute Gasteiger partial charge is 0.481 e. The van der Waals surface area contributed by atoms with Crippen molar-refractivity contribution in [2.24, 2.45) is 0 Å². The van der Waals surface area contributed by atoms with Gasteiger partial charge in [-0.1, -0.05) is 0 Å². The molecule has 24 heavy (non-hydrogen) atoms. The van der Waals surface area contributed by atoms with Gasteiger partial charge in [-0.3, -0.25) is 4.79 Å². The summed E-state index contributed by atoms with van der Waals surface area (Å²) in [6.07, 6.45) is 2.16. The van der Waals surface area contributed by atoms with Crippen molar-refractivity contribution in [3.8, 4) is 0 Å². The first-order chi connectivity index (χ1) is 11.4. The third-order valence-corrected chi connectivity index (χ3v) is 4.45. The molecule has 0 aliphatic carbocycles. The Bertz CT molecular complexity index is 893. The van der Waals surface area contributed by atoms with Crippen LogP contribution in [0, 0.1) is 6.58 Å². The highest BCUT2D eigenvalue weighted by atomic mass is 32.1. The standard InChI is InChI=1S/C16H17N4O3S/c1-9(24)20-8-12(16(22)23)14(21)11-3-4-13(18-15(11)20)19-6-5-10(7-19)17-2/h1,3-4,8,10,17,24H,5-7H2,2H3,(H,22,23)/q-1. The number of carbonyl (C=O) groups is 1. The SMILES string of the molecule is [CH-]=C(S)n1cc(C(=O)O)c(=O)c2ccc(N3CCC(NC)C3)nc21. The number of anilines is 1. The highest BCUT2D eigenvalue weighted by Crippen LogP contribution is 2.23. The number of fused-ring (bicyclic) bond motifs is 1. The molecule has 1 unspecified atom stereocenters. The summed E-state index contributed by atoms with van der Waals surface area (Å²) in [6.45, 7) is 7.39. The molecular weight excluding hydrogens is 328 g/mol. The monoisotopic (exact) mass is 345 g/mol. The summed E-state index contributed by atoms with van der Waals surface area (Å²) < 4.78 is 1.32. The van der Waals surface area contributed by atoms with Gasteiger partial charge in [0.2, 0.25) is 5.43 Å². The van der Waals surface area contributed by atoms with Crippen molar-refractivity contribution in [1.29, 1.82) is 0 Å². The van der Waals surface area contributed by atoms with E-state index in [4.69, 9.17) is 6.58 Å². The molecule has 0 bridgehead atoms. The van der Waals surface area contributed by atoms with Crippen LogP contribution in [0.2, 0.25) is 0 Å². The summed E-state index contributed by atoms with van der Waals surface area (Å²) in [6, 6.07) is 3.71. The number of rotatable bonds is 4. The second-order valence-corrected chi connectivity index (χ2v) is 6.12. The molecular formula is C16H17N4O3S-. The lowest BCUT2D eigenvalue weighted by molar-refractivity contribution is 0.0695. The molecule has 1 fully saturated rings. The summed E-state index contributed by atoms with van der Waals surface area (Å²) >= 11 is 4.09. The van der Waals surface area contributed by atoms with Crippen LogP contribution in [0.25, 0.3) is 16.1 Å². The third kappa shape index (κ3) is 2.78. The number of likely N-dealkylation sites (N-methyl/N-ethyl adjacent to an activating group) is 1. The molecule has 3 heterocycles. The van der Waals surface area contributed by atoms with E-state index < -0.39 is 11.4 Å². The minimum absolute atomic E-state index is 0.0432. The second-order valence-electron chi connectivity index (χ2n) is 5.67. The van der Waals surface area contributed by atoms with Gasteiger partial charge in [0.15, 0.2) is 0 Å². The summed E-state index contributed by atoms with van der Waals surface area (Å²) in [5, 5.41) is 12.7. The number of aromatic nitrogens is 2. The van der Waals surface area contributed by atoms with Crippen molar-refractivity contribution >= 4 is 40.5 Å². The van der Waals surface area contributed by atoms with Crippen LogP contribution in [0.4, 0.5) is 5.82 Å². The maximum absolute atomic E-state index is 12.3. The zero-order chi connectivity index (χ0) is 17.4. The van der Waals surface area contributed by atoms with Gasteiger partial charge in [0.1, 0.15) is 17.0 Å². The van der Waals surface area contributed by atoms with Crippen molar-refractivity contribution in [3.05, 3.63) is 40.7 Å². The Balaban J connectivity index is 2.17.